The summed E-state index contributed by atoms with van der Waals surface area (Å²) < 4.78 is 5.42. The Labute approximate surface area is 119 Å². The molecule has 2 fully saturated rings. The number of aromatic nitrogens is 1. The second-order valence-electron chi connectivity index (χ2n) is 5.66. The predicted octanol–water partition coefficient (Wildman–Crippen LogP) is 1.18. The molecule has 2 heterocycles. The highest BCUT2D eigenvalue weighted by Gasteiger charge is 2.35. The van der Waals surface area contributed by atoms with E-state index in [9.17, 15) is 4.79 Å². The van der Waals surface area contributed by atoms with Gasteiger partial charge < -0.3 is 15.4 Å². The van der Waals surface area contributed by atoms with Crippen molar-refractivity contribution in [2.45, 2.75) is 31.8 Å². The van der Waals surface area contributed by atoms with Gasteiger partial charge in [-0.2, -0.15) is 0 Å². The number of hydrogen-bond acceptors (Lipinski definition) is 4. The molecule has 1 aliphatic heterocycles. The van der Waals surface area contributed by atoms with E-state index in [1.165, 1.54) is 0 Å². The Hall–Kier alpha value is -1.46. The van der Waals surface area contributed by atoms with Crippen molar-refractivity contribution in [3.8, 4) is 0 Å². The van der Waals surface area contributed by atoms with Gasteiger partial charge in [-0.05, 0) is 31.4 Å². The number of pyridine rings is 1. The molecule has 2 N–H and O–H groups in total. The van der Waals surface area contributed by atoms with E-state index in [0.717, 1.165) is 44.7 Å². The Balaban J connectivity index is 1.74. The number of hydrogen-bond donors (Lipinski definition) is 1. The third kappa shape index (κ3) is 2.99. The third-order valence-corrected chi connectivity index (χ3v) is 4.00. The number of nitrogens with zero attached hydrogens (tertiary/aromatic N) is 2. The Morgan fingerprint density at radius 1 is 1.45 bits per heavy atom. The van der Waals surface area contributed by atoms with Gasteiger partial charge in [0.15, 0.2) is 0 Å². The number of ether oxygens (including phenoxy) is 1. The minimum absolute atomic E-state index is 0.108. The highest BCUT2D eigenvalue weighted by Crippen LogP contribution is 2.30. The normalized spacial score (nSPS) is 21.9. The molecule has 2 aliphatic rings. The third-order valence-electron chi connectivity index (χ3n) is 4.00. The molecule has 5 nitrogen and oxygen atoms in total. The average Bonchev–Trinajstić information content (AvgIpc) is 3.20. The lowest BCUT2D eigenvalue weighted by Gasteiger charge is -2.25. The van der Waals surface area contributed by atoms with Crippen LogP contribution in [0.15, 0.2) is 18.3 Å². The number of nitrogens with two attached hydrogens (primary N) is 1. The van der Waals surface area contributed by atoms with Crippen LogP contribution in [0.2, 0.25) is 0 Å². The molecule has 0 radical (unpaired) electrons. The van der Waals surface area contributed by atoms with Crippen LogP contribution in [0.25, 0.3) is 0 Å². The maximum atomic E-state index is 12.7. The van der Waals surface area contributed by atoms with Gasteiger partial charge in [-0.1, -0.05) is 0 Å². The molecule has 1 aliphatic carbocycles. The van der Waals surface area contributed by atoms with Gasteiger partial charge in [-0.3, -0.25) is 9.78 Å². The molecule has 1 atom stereocenters. The Morgan fingerprint density at radius 2 is 2.30 bits per heavy atom. The van der Waals surface area contributed by atoms with Crippen LogP contribution in [0, 0.1) is 5.92 Å². The van der Waals surface area contributed by atoms with Crippen LogP contribution in [-0.4, -0.2) is 41.6 Å². The molecular formula is C15H21N3O2. The van der Waals surface area contributed by atoms with Crippen LogP contribution in [0.1, 0.15) is 35.3 Å². The Kier molecular flexibility index (Phi) is 3.98. The summed E-state index contributed by atoms with van der Waals surface area (Å²) in [6.45, 7) is 2.77. The summed E-state index contributed by atoms with van der Waals surface area (Å²) in [6, 6.07) is 4.00. The minimum Gasteiger partial charge on any atom is -0.381 e. The molecule has 1 aromatic rings. The zero-order valence-corrected chi connectivity index (χ0v) is 11.6. The molecule has 1 saturated carbocycles. The molecule has 20 heavy (non-hydrogen) atoms. The lowest BCUT2D eigenvalue weighted by Crippen LogP contribution is -2.37. The first-order valence-corrected chi connectivity index (χ1v) is 7.31. The Morgan fingerprint density at radius 3 is 2.95 bits per heavy atom. The second kappa shape index (κ2) is 5.89. The number of carbonyl (C=O) groups excluding carboxylic acids is 1. The highest BCUT2D eigenvalue weighted by molar-refractivity contribution is 5.94. The summed E-state index contributed by atoms with van der Waals surface area (Å²) in [5.74, 6) is 0.590. The molecule has 1 unspecified atom stereocenters. The van der Waals surface area contributed by atoms with E-state index in [1.807, 2.05) is 11.0 Å². The van der Waals surface area contributed by atoms with Crippen LogP contribution in [0.3, 0.4) is 0 Å². The van der Waals surface area contributed by atoms with Crippen LogP contribution < -0.4 is 5.73 Å². The first kappa shape index (κ1) is 13.5. The molecule has 5 heteroatoms. The molecule has 3 rings (SSSR count). The monoisotopic (exact) mass is 275 g/mol. The number of amides is 1. The predicted molar refractivity (Wildman–Crippen MR) is 75.1 cm³/mol. The average molecular weight is 275 g/mol. The molecule has 1 aromatic heterocycles. The van der Waals surface area contributed by atoms with Gasteiger partial charge in [0, 0.05) is 43.4 Å². The standard InChI is InChI=1S/C15H21N3O2/c16-8-13-7-12(3-5-17-13)15(19)18(14-1-2-14)9-11-4-6-20-10-11/h3,5,7,11,14H,1-2,4,6,8-10,16H2. The first-order chi connectivity index (χ1) is 9.78. The SMILES string of the molecule is NCc1cc(C(=O)N(CC2CCOC2)C2CC2)ccn1. The maximum Gasteiger partial charge on any atom is 0.254 e. The topological polar surface area (TPSA) is 68.5 Å². The largest absolute Gasteiger partial charge is 0.381 e. The summed E-state index contributed by atoms with van der Waals surface area (Å²) in [6.07, 6.45) is 4.96. The second-order valence-corrected chi connectivity index (χ2v) is 5.66. The summed E-state index contributed by atoms with van der Waals surface area (Å²) in [7, 11) is 0. The fraction of sp³-hybridized carbons (Fsp3) is 0.600. The van der Waals surface area contributed by atoms with Gasteiger partial charge in [-0.15, -0.1) is 0 Å². The van der Waals surface area contributed by atoms with E-state index >= 15 is 0 Å². The van der Waals surface area contributed by atoms with Crippen LogP contribution >= 0.6 is 0 Å². The summed E-state index contributed by atoms with van der Waals surface area (Å²) in [4.78, 5) is 18.9. The number of carbonyl (C=O) groups is 1. The van der Waals surface area contributed by atoms with Crippen LogP contribution in [-0.2, 0) is 11.3 Å². The molecule has 0 spiro atoms. The molecule has 108 valence electrons. The first-order valence-electron chi connectivity index (χ1n) is 7.31. The van der Waals surface area contributed by atoms with Crippen molar-refractivity contribution in [2.75, 3.05) is 19.8 Å². The van der Waals surface area contributed by atoms with Crippen molar-refractivity contribution in [2.24, 2.45) is 11.7 Å². The van der Waals surface area contributed by atoms with Crippen molar-refractivity contribution >= 4 is 5.91 Å². The van der Waals surface area contributed by atoms with Gasteiger partial charge in [-0.25, -0.2) is 0 Å². The van der Waals surface area contributed by atoms with Gasteiger partial charge >= 0.3 is 0 Å². The molecule has 0 aromatic carbocycles. The van der Waals surface area contributed by atoms with E-state index in [-0.39, 0.29) is 5.91 Å². The Bertz CT molecular complexity index is 482. The maximum absolute atomic E-state index is 12.7. The smallest absolute Gasteiger partial charge is 0.254 e. The molecule has 0 bridgehead atoms. The zero-order chi connectivity index (χ0) is 13.9. The van der Waals surface area contributed by atoms with Crippen LogP contribution in [0.4, 0.5) is 0 Å². The van der Waals surface area contributed by atoms with Gasteiger partial charge in [0.1, 0.15) is 0 Å². The molecular weight excluding hydrogens is 254 g/mol. The molecule has 1 amide bonds. The molecule has 1 saturated heterocycles. The van der Waals surface area contributed by atoms with Crippen molar-refractivity contribution in [3.63, 3.8) is 0 Å². The van der Waals surface area contributed by atoms with E-state index < -0.39 is 0 Å². The van der Waals surface area contributed by atoms with Gasteiger partial charge in [0.05, 0.1) is 12.3 Å². The fourth-order valence-corrected chi connectivity index (χ4v) is 2.68. The van der Waals surface area contributed by atoms with Gasteiger partial charge in [0.2, 0.25) is 0 Å². The lowest BCUT2D eigenvalue weighted by molar-refractivity contribution is 0.0706. The van der Waals surface area contributed by atoms with E-state index in [2.05, 4.69) is 4.98 Å². The van der Waals surface area contributed by atoms with Crippen molar-refractivity contribution in [3.05, 3.63) is 29.6 Å². The fourth-order valence-electron chi connectivity index (χ4n) is 2.68. The number of rotatable bonds is 5. The summed E-state index contributed by atoms with van der Waals surface area (Å²) in [5.41, 5.74) is 7.06. The van der Waals surface area contributed by atoms with Crippen LogP contribution in [0.5, 0.6) is 0 Å². The summed E-state index contributed by atoms with van der Waals surface area (Å²) in [5, 5.41) is 0. The van der Waals surface area contributed by atoms with E-state index in [0.29, 0.717) is 24.1 Å². The van der Waals surface area contributed by atoms with Crippen molar-refractivity contribution < 1.29 is 9.53 Å². The quantitative estimate of drug-likeness (QED) is 0.876. The van der Waals surface area contributed by atoms with E-state index in [4.69, 9.17) is 10.5 Å². The van der Waals surface area contributed by atoms with Crippen molar-refractivity contribution in [1.29, 1.82) is 0 Å². The summed E-state index contributed by atoms with van der Waals surface area (Å²) >= 11 is 0. The van der Waals surface area contributed by atoms with E-state index in [1.54, 1.807) is 12.3 Å². The highest BCUT2D eigenvalue weighted by atomic mass is 16.5. The van der Waals surface area contributed by atoms with Crippen molar-refractivity contribution in [1.82, 2.24) is 9.88 Å². The van der Waals surface area contributed by atoms with Gasteiger partial charge in [0.25, 0.3) is 5.91 Å². The minimum atomic E-state index is 0.108. The lowest BCUT2D eigenvalue weighted by atomic mass is 10.1. The zero-order valence-electron chi connectivity index (χ0n) is 11.6.